The number of benzene rings is 1. The minimum Gasteiger partial charge on any atom is -0.378 e. The molecule has 1 N–H and O–H groups in total. The summed E-state index contributed by atoms with van der Waals surface area (Å²) in [5.74, 6) is 0. The van der Waals surface area contributed by atoms with Gasteiger partial charge in [0.05, 0.1) is 19.3 Å². The van der Waals surface area contributed by atoms with Gasteiger partial charge in [0.2, 0.25) is 0 Å². The Morgan fingerprint density at radius 2 is 2.20 bits per heavy atom. The molecule has 2 aliphatic rings. The first-order valence-corrected chi connectivity index (χ1v) is 7.91. The number of hydrogen-bond donors (Lipinski definition) is 1. The summed E-state index contributed by atoms with van der Waals surface area (Å²) in [7, 11) is 0. The van der Waals surface area contributed by atoms with Crippen LogP contribution in [-0.2, 0) is 22.7 Å². The Hall–Kier alpha value is -0.900. The van der Waals surface area contributed by atoms with Gasteiger partial charge in [0.1, 0.15) is 0 Å². The molecule has 0 aromatic heterocycles. The van der Waals surface area contributed by atoms with Crippen LogP contribution < -0.4 is 5.32 Å². The van der Waals surface area contributed by atoms with Gasteiger partial charge in [0.25, 0.3) is 0 Å². The van der Waals surface area contributed by atoms with E-state index in [1.54, 1.807) is 0 Å². The van der Waals surface area contributed by atoms with E-state index in [9.17, 15) is 0 Å². The van der Waals surface area contributed by atoms with Crippen molar-refractivity contribution in [3.8, 4) is 0 Å². The van der Waals surface area contributed by atoms with Gasteiger partial charge < -0.3 is 14.8 Å². The fraction of sp³-hybridized carbons (Fsp3) is 0.647. The minimum atomic E-state index is 0.406. The van der Waals surface area contributed by atoms with Gasteiger partial charge >= 0.3 is 0 Å². The van der Waals surface area contributed by atoms with E-state index in [4.69, 9.17) is 9.47 Å². The quantitative estimate of drug-likeness (QED) is 0.864. The monoisotopic (exact) mass is 275 g/mol. The lowest BCUT2D eigenvalue weighted by atomic mass is 9.96. The van der Waals surface area contributed by atoms with Gasteiger partial charge in [-0.3, -0.25) is 0 Å². The van der Waals surface area contributed by atoms with E-state index in [-0.39, 0.29) is 0 Å². The first-order chi connectivity index (χ1) is 9.86. The van der Waals surface area contributed by atoms with Crippen molar-refractivity contribution in [2.45, 2.75) is 58.0 Å². The highest BCUT2D eigenvalue weighted by Gasteiger charge is 2.22. The number of ether oxygens (including phenoxy) is 2. The summed E-state index contributed by atoms with van der Waals surface area (Å²) in [6, 6.07) is 7.22. The van der Waals surface area contributed by atoms with Gasteiger partial charge in [-0.1, -0.05) is 25.1 Å². The maximum atomic E-state index is 5.81. The summed E-state index contributed by atoms with van der Waals surface area (Å²) in [5, 5.41) is 3.68. The predicted molar refractivity (Wildman–Crippen MR) is 79.6 cm³/mol. The van der Waals surface area contributed by atoms with Crippen molar-refractivity contribution in [3.63, 3.8) is 0 Å². The lowest BCUT2D eigenvalue weighted by molar-refractivity contribution is 0.0945. The summed E-state index contributed by atoms with van der Waals surface area (Å²) in [5.41, 5.74) is 4.09. The average Bonchev–Trinajstić information content (AvgIpc) is 3.13. The van der Waals surface area contributed by atoms with Crippen LogP contribution in [-0.4, -0.2) is 19.3 Å². The van der Waals surface area contributed by atoms with Crippen LogP contribution in [0, 0.1) is 0 Å². The van der Waals surface area contributed by atoms with E-state index in [1.807, 2.05) is 0 Å². The number of fused-ring (bicyclic) bond motifs is 1. The Labute approximate surface area is 121 Å². The van der Waals surface area contributed by atoms with Crippen molar-refractivity contribution >= 4 is 0 Å². The molecule has 0 amide bonds. The van der Waals surface area contributed by atoms with E-state index in [2.05, 4.69) is 30.4 Å². The van der Waals surface area contributed by atoms with Crippen molar-refractivity contribution in [3.05, 3.63) is 34.9 Å². The van der Waals surface area contributed by atoms with Crippen molar-refractivity contribution in [2.24, 2.45) is 0 Å². The zero-order chi connectivity index (χ0) is 13.8. The highest BCUT2D eigenvalue weighted by Crippen LogP contribution is 2.28. The fourth-order valence-corrected chi connectivity index (χ4v) is 3.16. The molecule has 2 atom stereocenters. The zero-order valence-electron chi connectivity index (χ0n) is 12.4. The third-order valence-electron chi connectivity index (χ3n) is 4.31. The molecular formula is C17H25NO2. The molecule has 0 saturated carbocycles. The SMILES string of the molecule is CCCNC(CC1CCCO1)c1ccc2c(c1)COC2. The predicted octanol–water partition coefficient (Wildman–Crippen LogP) is 3.33. The standard InChI is InChI=1S/C17H25NO2/c1-2-7-18-17(10-16-4-3-8-20-16)13-5-6-14-11-19-12-15(14)9-13/h5-6,9,16-18H,2-4,7-8,10-12H2,1H3. The Kier molecular flexibility index (Phi) is 4.71. The second-order valence-corrected chi connectivity index (χ2v) is 5.90. The summed E-state index contributed by atoms with van der Waals surface area (Å²) < 4.78 is 11.3. The van der Waals surface area contributed by atoms with Crippen LogP contribution in [0.3, 0.4) is 0 Å². The van der Waals surface area contributed by atoms with E-state index in [0.29, 0.717) is 12.1 Å². The molecule has 3 rings (SSSR count). The Morgan fingerprint density at radius 3 is 3.00 bits per heavy atom. The zero-order valence-corrected chi connectivity index (χ0v) is 12.4. The van der Waals surface area contributed by atoms with Gasteiger partial charge in [0.15, 0.2) is 0 Å². The number of nitrogens with one attached hydrogen (secondary N) is 1. The Balaban J connectivity index is 1.73. The minimum absolute atomic E-state index is 0.406. The maximum Gasteiger partial charge on any atom is 0.0725 e. The Morgan fingerprint density at radius 1 is 1.30 bits per heavy atom. The second kappa shape index (κ2) is 6.70. The molecule has 3 nitrogen and oxygen atoms in total. The summed E-state index contributed by atoms with van der Waals surface area (Å²) in [4.78, 5) is 0. The molecule has 1 fully saturated rings. The first kappa shape index (κ1) is 14.1. The van der Waals surface area contributed by atoms with Crippen LogP contribution >= 0.6 is 0 Å². The summed E-state index contributed by atoms with van der Waals surface area (Å²) in [6.07, 6.45) is 5.09. The third-order valence-corrected chi connectivity index (χ3v) is 4.31. The molecule has 3 heteroatoms. The van der Waals surface area contributed by atoms with E-state index < -0.39 is 0 Å². The van der Waals surface area contributed by atoms with E-state index in [0.717, 1.165) is 39.2 Å². The van der Waals surface area contributed by atoms with Crippen LogP contribution in [0.5, 0.6) is 0 Å². The largest absolute Gasteiger partial charge is 0.378 e. The molecule has 2 unspecified atom stereocenters. The molecule has 1 aromatic rings. The molecule has 0 aliphatic carbocycles. The second-order valence-electron chi connectivity index (χ2n) is 5.90. The smallest absolute Gasteiger partial charge is 0.0725 e. The molecule has 1 aromatic carbocycles. The highest BCUT2D eigenvalue weighted by atomic mass is 16.5. The molecule has 2 aliphatic heterocycles. The molecular weight excluding hydrogens is 250 g/mol. The van der Waals surface area contributed by atoms with E-state index >= 15 is 0 Å². The van der Waals surface area contributed by atoms with Gasteiger partial charge in [-0.25, -0.2) is 0 Å². The molecule has 0 spiro atoms. The van der Waals surface area contributed by atoms with Crippen molar-refractivity contribution in [1.82, 2.24) is 5.32 Å². The van der Waals surface area contributed by atoms with Crippen LogP contribution in [0.15, 0.2) is 18.2 Å². The van der Waals surface area contributed by atoms with Crippen molar-refractivity contribution in [1.29, 1.82) is 0 Å². The van der Waals surface area contributed by atoms with E-state index in [1.165, 1.54) is 29.5 Å². The topological polar surface area (TPSA) is 30.5 Å². The van der Waals surface area contributed by atoms with Crippen LogP contribution in [0.1, 0.15) is 55.3 Å². The summed E-state index contributed by atoms with van der Waals surface area (Å²) in [6.45, 7) is 5.75. The van der Waals surface area contributed by atoms with Crippen molar-refractivity contribution < 1.29 is 9.47 Å². The normalized spacial score (nSPS) is 22.9. The van der Waals surface area contributed by atoms with Crippen molar-refractivity contribution in [2.75, 3.05) is 13.2 Å². The molecule has 0 bridgehead atoms. The van der Waals surface area contributed by atoms with Gasteiger partial charge in [0, 0.05) is 12.6 Å². The molecule has 0 radical (unpaired) electrons. The number of rotatable bonds is 6. The third kappa shape index (κ3) is 3.22. The van der Waals surface area contributed by atoms with Crippen LogP contribution in [0.25, 0.3) is 0 Å². The lowest BCUT2D eigenvalue weighted by Crippen LogP contribution is -2.26. The highest BCUT2D eigenvalue weighted by molar-refractivity contribution is 5.34. The molecule has 1 saturated heterocycles. The maximum absolute atomic E-state index is 5.81. The van der Waals surface area contributed by atoms with Crippen LogP contribution in [0.2, 0.25) is 0 Å². The average molecular weight is 275 g/mol. The van der Waals surface area contributed by atoms with Crippen LogP contribution in [0.4, 0.5) is 0 Å². The van der Waals surface area contributed by atoms with Gasteiger partial charge in [-0.2, -0.15) is 0 Å². The first-order valence-electron chi connectivity index (χ1n) is 7.91. The van der Waals surface area contributed by atoms with Gasteiger partial charge in [-0.05, 0) is 48.9 Å². The van der Waals surface area contributed by atoms with Gasteiger partial charge in [-0.15, -0.1) is 0 Å². The summed E-state index contributed by atoms with van der Waals surface area (Å²) >= 11 is 0. The lowest BCUT2D eigenvalue weighted by Gasteiger charge is -2.22. The fourth-order valence-electron chi connectivity index (χ4n) is 3.16. The molecule has 20 heavy (non-hydrogen) atoms. The Bertz CT molecular complexity index is 441. The molecule has 2 heterocycles. The number of hydrogen-bond acceptors (Lipinski definition) is 3. The molecule has 110 valence electrons.